The maximum absolute atomic E-state index is 12.8. The van der Waals surface area contributed by atoms with Gasteiger partial charge in [-0.05, 0) is 63.6 Å². The molecule has 10 heteroatoms. The van der Waals surface area contributed by atoms with Crippen LogP contribution in [0.3, 0.4) is 0 Å². The van der Waals surface area contributed by atoms with Crippen LogP contribution in [0.15, 0.2) is 24.3 Å². The number of likely N-dealkylation sites (tertiary alicyclic amines) is 1. The van der Waals surface area contributed by atoms with Crippen LogP contribution in [-0.2, 0) is 15.7 Å². The lowest BCUT2D eigenvalue weighted by molar-refractivity contribution is -0.137. The van der Waals surface area contributed by atoms with Crippen molar-refractivity contribution in [2.45, 2.75) is 51.4 Å². The summed E-state index contributed by atoms with van der Waals surface area (Å²) in [5, 5.41) is 5.22. The van der Waals surface area contributed by atoms with Gasteiger partial charge in [0.05, 0.1) is 12.1 Å². The summed E-state index contributed by atoms with van der Waals surface area (Å²) in [5.41, 5.74) is -1.64. The molecule has 32 heavy (non-hydrogen) atoms. The van der Waals surface area contributed by atoms with Crippen LogP contribution in [0.4, 0.5) is 18.0 Å². The Kier molecular flexibility index (Phi) is 6.71. The van der Waals surface area contributed by atoms with Crippen LogP contribution in [0.1, 0.15) is 49.5 Å². The lowest BCUT2D eigenvalue weighted by Gasteiger charge is -2.25. The summed E-state index contributed by atoms with van der Waals surface area (Å²) in [7, 11) is 0. The number of carbonyl (C=O) groups excluding carboxylic acids is 3. The molecule has 1 aliphatic carbocycles. The van der Waals surface area contributed by atoms with Gasteiger partial charge in [-0.25, -0.2) is 4.79 Å². The van der Waals surface area contributed by atoms with Crippen LogP contribution in [-0.4, -0.2) is 54.1 Å². The number of halogens is 3. The molecule has 1 aromatic rings. The lowest BCUT2D eigenvalue weighted by Crippen LogP contribution is -2.42. The number of carbonyl (C=O) groups is 3. The highest BCUT2D eigenvalue weighted by molar-refractivity contribution is 5.96. The van der Waals surface area contributed by atoms with E-state index in [0.717, 1.165) is 31.0 Å². The Morgan fingerprint density at radius 1 is 1.09 bits per heavy atom. The third kappa shape index (κ3) is 6.14. The molecule has 2 aliphatic rings. The summed E-state index contributed by atoms with van der Waals surface area (Å²) in [6, 6.07) is 3.97. The number of rotatable bonds is 4. The van der Waals surface area contributed by atoms with Crippen LogP contribution in [0.2, 0.25) is 0 Å². The van der Waals surface area contributed by atoms with E-state index in [2.05, 4.69) is 10.6 Å². The van der Waals surface area contributed by atoms with Crippen LogP contribution >= 0.6 is 0 Å². The smallest absolute Gasteiger partial charge is 0.416 e. The van der Waals surface area contributed by atoms with Crippen molar-refractivity contribution in [3.05, 3.63) is 35.4 Å². The number of nitrogens with one attached hydrogen (secondary N) is 2. The number of nitrogens with zero attached hydrogens (tertiary/aromatic N) is 1. The van der Waals surface area contributed by atoms with Gasteiger partial charge in [0.25, 0.3) is 5.91 Å². The first-order valence-electron chi connectivity index (χ1n) is 10.5. The van der Waals surface area contributed by atoms with Crippen molar-refractivity contribution in [3.63, 3.8) is 0 Å². The minimum Gasteiger partial charge on any atom is -0.444 e. The molecule has 3 amide bonds. The van der Waals surface area contributed by atoms with E-state index in [1.165, 1.54) is 6.07 Å². The Bertz CT molecular complexity index is 868. The third-order valence-corrected chi connectivity index (χ3v) is 5.63. The van der Waals surface area contributed by atoms with Crippen molar-refractivity contribution < 1.29 is 32.3 Å². The highest BCUT2D eigenvalue weighted by atomic mass is 19.4. The summed E-state index contributed by atoms with van der Waals surface area (Å²) in [4.78, 5) is 38.3. The summed E-state index contributed by atoms with van der Waals surface area (Å²) < 4.78 is 43.8. The molecular weight excluding hydrogens is 427 g/mol. The lowest BCUT2D eigenvalue weighted by atomic mass is 10.0. The van der Waals surface area contributed by atoms with Crippen LogP contribution < -0.4 is 10.6 Å². The minimum atomic E-state index is -4.55. The fraction of sp³-hybridized carbons (Fsp3) is 0.591. The Hall–Kier alpha value is -2.78. The molecule has 0 bridgehead atoms. The molecule has 7 nitrogen and oxygen atoms in total. The molecule has 0 spiro atoms. The maximum atomic E-state index is 12.8. The summed E-state index contributed by atoms with van der Waals surface area (Å²) >= 11 is 0. The molecule has 1 saturated heterocycles. The number of alkyl halides is 3. The average Bonchev–Trinajstić information content (AvgIpc) is 3.23. The number of ether oxygens (including phenoxy) is 1. The first-order chi connectivity index (χ1) is 14.8. The van der Waals surface area contributed by atoms with E-state index in [1.54, 1.807) is 4.90 Å². The van der Waals surface area contributed by atoms with Gasteiger partial charge in [-0.2, -0.15) is 13.2 Å². The molecule has 0 radical (unpaired) electrons. The van der Waals surface area contributed by atoms with Gasteiger partial charge in [-0.15, -0.1) is 0 Å². The fourth-order valence-corrected chi connectivity index (χ4v) is 4.27. The molecular formula is C22H28F3N3O4. The largest absolute Gasteiger partial charge is 0.444 e. The number of hydrogen-bond donors (Lipinski definition) is 2. The molecule has 3 rings (SSSR count). The van der Waals surface area contributed by atoms with Gasteiger partial charge < -0.3 is 20.3 Å². The molecule has 176 valence electrons. The third-order valence-electron chi connectivity index (χ3n) is 5.63. The van der Waals surface area contributed by atoms with Crippen molar-refractivity contribution in [1.82, 2.24) is 15.5 Å². The molecule has 1 heterocycles. The summed E-state index contributed by atoms with van der Waals surface area (Å²) in [6.45, 7) is 6.29. The molecule has 0 aromatic heterocycles. The van der Waals surface area contributed by atoms with E-state index < -0.39 is 29.2 Å². The van der Waals surface area contributed by atoms with Crippen molar-refractivity contribution in [2.75, 3.05) is 19.6 Å². The number of amides is 3. The molecule has 1 aromatic carbocycles. The Balaban J connectivity index is 1.43. The molecule has 2 unspecified atom stereocenters. The minimum absolute atomic E-state index is 0.0660. The van der Waals surface area contributed by atoms with Gasteiger partial charge in [0, 0.05) is 24.7 Å². The molecule has 1 aliphatic heterocycles. The molecule has 2 fully saturated rings. The second kappa shape index (κ2) is 8.99. The van der Waals surface area contributed by atoms with Gasteiger partial charge in [0.2, 0.25) is 5.91 Å². The van der Waals surface area contributed by atoms with Gasteiger partial charge in [0.15, 0.2) is 0 Å². The van der Waals surface area contributed by atoms with E-state index in [-0.39, 0.29) is 36.1 Å². The zero-order valence-corrected chi connectivity index (χ0v) is 18.3. The van der Waals surface area contributed by atoms with Crippen molar-refractivity contribution in [2.24, 2.45) is 11.8 Å². The van der Waals surface area contributed by atoms with Crippen molar-refractivity contribution >= 4 is 17.9 Å². The van der Waals surface area contributed by atoms with E-state index in [0.29, 0.717) is 13.1 Å². The Morgan fingerprint density at radius 2 is 1.72 bits per heavy atom. The fourth-order valence-electron chi connectivity index (χ4n) is 4.27. The van der Waals surface area contributed by atoms with E-state index in [4.69, 9.17) is 4.74 Å². The van der Waals surface area contributed by atoms with E-state index in [1.807, 2.05) is 20.8 Å². The van der Waals surface area contributed by atoms with Crippen LogP contribution in [0, 0.1) is 11.8 Å². The SMILES string of the molecule is CC(C)(C)OC(=O)N1CC2CC(NC(=O)CNC(=O)c3cccc(C(F)(F)F)c3)CC2C1. The first kappa shape index (κ1) is 23.9. The predicted molar refractivity (Wildman–Crippen MR) is 110 cm³/mol. The van der Waals surface area contributed by atoms with Crippen LogP contribution in [0.25, 0.3) is 0 Å². The van der Waals surface area contributed by atoms with Crippen LogP contribution in [0.5, 0.6) is 0 Å². The zero-order valence-electron chi connectivity index (χ0n) is 18.3. The molecule has 2 atom stereocenters. The number of fused-ring (bicyclic) bond motifs is 1. The highest BCUT2D eigenvalue weighted by Gasteiger charge is 2.43. The van der Waals surface area contributed by atoms with Crippen molar-refractivity contribution in [3.8, 4) is 0 Å². The average molecular weight is 455 g/mol. The van der Waals surface area contributed by atoms with Gasteiger partial charge in [0.1, 0.15) is 5.60 Å². The number of benzene rings is 1. The number of hydrogen-bond acceptors (Lipinski definition) is 4. The summed E-state index contributed by atoms with van der Waals surface area (Å²) in [5.74, 6) is -0.609. The first-order valence-corrected chi connectivity index (χ1v) is 10.5. The van der Waals surface area contributed by atoms with Gasteiger partial charge in [-0.3, -0.25) is 9.59 Å². The van der Waals surface area contributed by atoms with Gasteiger partial charge in [-0.1, -0.05) is 6.07 Å². The maximum Gasteiger partial charge on any atom is 0.416 e. The highest BCUT2D eigenvalue weighted by Crippen LogP contribution is 2.38. The molecule has 1 saturated carbocycles. The Labute approximate surface area is 184 Å². The molecule has 2 N–H and O–H groups in total. The van der Waals surface area contributed by atoms with E-state index >= 15 is 0 Å². The Morgan fingerprint density at radius 3 is 2.28 bits per heavy atom. The predicted octanol–water partition coefficient (Wildman–Crippen LogP) is 3.20. The monoisotopic (exact) mass is 455 g/mol. The van der Waals surface area contributed by atoms with Gasteiger partial charge >= 0.3 is 12.3 Å². The quantitative estimate of drug-likeness (QED) is 0.730. The topological polar surface area (TPSA) is 87.7 Å². The standard InChI is InChI=1S/C22H28F3N3O4/c1-21(2,3)32-20(31)28-11-14-8-17(9-15(14)12-28)27-18(29)10-26-19(30)13-5-4-6-16(7-13)22(23,24)25/h4-7,14-15,17H,8-12H2,1-3H3,(H,26,30)(H,27,29). The summed E-state index contributed by atoms with van der Waals surface area (Å²) in [6.07, 6.45) is -3.44. The second-order valence-corrected chi connectivity index (χ2v) is 9.40. The zero-order chi connectivity index (χ0) is 23.7. The van der Waals surface area contributed by atoms with E-state index in [9.17, 15) is 27.6 Å². The van der Waals surface area contributed by atoms with Crippen molar-refractivity contribution in [1.29, 1.82) is 0 Å². The second-order valence-electron chi connectivity index (χ2n) is 9.40. The normalized spacial score (nSPS) is 22.9.